The van der Waals surface area contributed by atoms with E-state index in [1.807, 2.05) is 0 Å². The van der Waals surface area contributed by atoms with Crippen LogP contribution in [0.3, 0.4) is 0 Å². The lowest BCUT2D eigenvalue weighted by atomic mass is 10.6. The van der Waals surface area contributed by atoms with Crippen molar-refractivity contribution < 1.29 is 0 Å². The van der Waals surface area contributed by atoms with Gasteiger partial charge in [-0.15, -0.1) is 0 Å². The number of nitrogen functional groups attached to an aromatic ring is 1. The van der Waals surface area contributed by atoms with E-state index < -0.39 is 0 Å². The fourth-order valence-corrected chi connectivity index (χ4v) is 1.51. The highest BCUT2D eigenvalue weighted by atomic mass is 35.5. The Morgan fingerprint density at radius 3 is 3.09 bits per heavy atom. The smallest absolute Gasteiger partial charge is 0.224 e. The summed E-state index contributed by atoms with van der Waals surface area (Å²) in [6.45, 7) is 0. The molecule has 2 aromatic rings. The van der Waals surface area contributed by atoms with Crippen LogP contribution in [-0.4, -0.2) is 15.0 Å². The normalized spacial score (nSPS) is 10.6. The molecule has 0 amide bonds. The molecule has 11 heavy (non-hydrogen) atoms. The Balaban J connectivity index is 2.82. The quantitative estimate of drug-likeness (QED) is 0.631. The molecule has 2 aromatic heterocycles. The molecule has 0 aliphatic heterocycles. The fourth-order valence-electron chi connectivity index (χ4n) is 0.733. The monoisotopic (exact) mass is 186 g/mol. The number of hydrogen-bond acceptors (Lipinski definition) is 5. The number of rotatable bonds is 0. The second kappa shape index (κ2) is 2.28. The minimum atomic E-state index is 0.197. The summed E-state index contributed by atoms with van der Waals surface area (Å²) in [6, 6.07) is 0. The third-order valence-corrected chi connectivity index (χ3v) is 2.13. The standard InChI is InChI=1S/C5H3ClN4S/c6-4-8-1-2-3(9-4)10-5(7)11-2/h1H,(H2,7,8,9,10). The minimum Gasteiger partial charge on any atom is -0.375 e. The van der Waals surface area contributed by atoms with Crippen molar-refractivity contribution >= 4 is 38.4 Å². The van der Waals surface area contributed by atoms with Gasteiger partial charge in [-0.1, -0.05) is 11.3 Å². The molecule has 0 saturated carbocycles. The van der Waals surface area contributed by atoms with Crippen molar-refractivity contribution in [1.82, 2.24) is 15.0 Å². The van der Waals surface area contributed by atoms with Gasteiger partial charge in [0.1, 0.15) is 0 Å². The van der Waals surface area contributed by atoms with Crippen molar-refractivity contribution in [1.29, 1.82) is 0 Å². The maximum absolute atomic E-state index is 5.53. The zero-order valence-corrected chi connectivity index (χ0v) is 6.85. The average Bonchev–Trinajstić information content (AvgIpc) is 2.27. The molecule has 0 spiro atoms. The highest BCUT2D eigenvalue weighted by Gasteiger charge is 2.02. The SMILES string of the molecule is Nc1nc2nc(Cl)ncc2s1. The third-order valence-electron chi connectivity index (χ3n) is 1.14. The summed E-state index contributed by atoms with van der Waals surface area (Å²) in [7, 11) is 0. The first-order valence-corrected chi connectivity index (χ1v) is 4.00. The molecular weight excluding hydrogens is 184 g/mol. The topological polar surface area (TPSA) is 64.7 Å². The predicted molar refractivity (Wildman–Crippen MR) is 44.6 cm³/mol. The van der Waals surface area contributed by atoms with E-state index in [4.69, 9.17) is 17.3 Å². The van der Waals surface area contributed by atoms with Crippen LogP contribution in [0.2, 0.25) is 5.28 Å². The number of halogens is 1. The Morgan fingerprint density at radius 1 is 1.45 bits per heavy atom. The summed E-state index contributed by atoms with van der Waals surface area (Å²) in [5.74, 6) is 0. The highest BCUT2D eigenvalue weighted by molar-refractivity contribution is 7.21. The van der Waals surface area contributed by atoms with Gasteiger partial charge in [0, 0.05) is 0 Å². The van der Waals surface area contributed by atoms with Gasteiger partial charge in [-0.2, -0.15) is 4.98 Å². The van der Waals surface area contributed by atoms with Crippen molar-refractivity contribution in [2.45, 2.75) is 0 Å². The Labute approximate surface area is 71.1 Å². The Hall–Kier alpha value is -0.940. The lowest BCUT2D eigenvalue weighted by Gasteiger charge is -1.84. The van der Waals surface area contributed by atoms with Crippen molar-refractivity contribution in [2.75, 3.05) is 5.73 Å². The molecule has 0 unspecified atom stereocenters. The maximum atomic E-state index is 5.53. The van der Waals surface area contributed by atoms with E-state index in [-0.39, 0.29) is 5.28 Å². The number of nitrogens with two attached hydrogens (primary N) is 1. The van der Waals surface area contributed by atoms with Crippen molar-refractivity contribution in [3.63, 3.8) is 0 Å². The minimum absolute atomic E-state index is 0.197. The second-order valence-corrected chi connectivity index (χ2v) is 3.28. The van der Waals surface area contributed by atoms with Crippen LogP contribution in [-0.2, 0) is 0 Å². The first-order chi connectivity index (χ1) is 5.25. The van der Waals surface area contributed by atoms with Crippen molar-refractivity contribution in [3.8, 4) is 0 Å². The lowest BCUT2D eigenvalue weighted by Crippen LogP contribution is -1.83. The number of aromatic nitrogens is 3. The molecule has 2 N–H and O–H groups in total. The molecule has 2 rings (SSSR count). The van der Waals surface area contributed by atoms with Crippen LogP contribution in [0.4, 0.5) is 5.13 Å². The van der Waals surface area contributed by atoms with E-state index in [0.29, 0.717) is 10.8 Å². The zero-order chi connectivity index (χ0) is 7.84. The molecule has 4 nitrogen and oxygen atoms in total. The average molecular weight is 187 g/mol. The molecule has 56 valence electrons. The van der Waals surface area contributed by atoms with E-state index in [1.165, 1.54) is 11.3 Å². The molecule has 0 aliphatic rings. The van der Waals surface area contributed by atoms with Gasteiger partial charge in [0.15, 0.2) is 10.8 Å². The van der Waals surface area contributed by atoms with E-state index in [9.17, 15) is 0 Å². The molecule has 0 radical (unpaired) electrons. The van der Waals surface area contributed by atoms with Crippen LogP contribution in [0.1, 0.15) is 0 Å². The largest absolute Gasteiger partial charge is 0.375 e. The summed E-state index contributed by atoms with van der Waals surface area (Å²) in [4.78, 5) is 11.6. The molecular formula is C5H3ClN4S. The summed E-state index contributed by atoms with van der Waals surface area (Å²) in [5, 5.41) is 0.680. The van der Waals surface area contributed by atoms with Crippen LogP contribution in [0.25, 0.3) is 10.3 Å². The van der Waals surface area contributed by atoms with Crippen LogP contribution >= 0.6 is 22.9 Å². The lowest BCUT2D eigenvalue weighted by molar-refractivity contribution is 1.20. The molecule has 0 fully saturated rings. The van der Waals surface area contributed by atoms with Crippen molar-refractivity contribution in [2.24, 2.45) is 0 Å². The van der Waals surface area contributed by atoms with Gasteiger partial charge in [-0.25, -0.2) is 9.97 Å². The van der Waals surface area contributed by atoms with Crippen LogP contribution in [0.15, 0.2) is 6.20 Å². The first-order valence-electron chi connectivity index (χ1n) is 2.80. The Kier molecular flexibility index (Phi) is 1.40. The van der Waals surface area contributed by atoms with Crippen LogP contribution < -0.4 is 5.73 Å². The Bertz CT molecular complexity index is 398. The number of nitrogens with zero attached hydrogens (tertiary/aromatic N) is 3. The van der Waals surface area contributed by atoms with E-state index in [1.54, 1.807) is 6.20 Å². The highest BCUT2D eigenvalue weighted by Crippen LogP contribution is 2.21. The molecule has 0 aromatic carbocycles. The number of anilines is 1. The molecule has 0 saturated heterocycles. The Morgan fingerprint density at radius 2 is 2.27 bits per heavy atom. The molecule has 0 atom stereocenters. The molecule has 6 heteroatoms. The summed E-state index contributed by atoms with van der Waals surface area (Å²) < 4.78 is 0.854. The van der Waals surface area contributed by atoms with E-state index in [2.05, 4.69) is 15.0 Å². The van der Waals surface area contributed by atoms with Gasteiger partial charge >= 0.3 is 0 Å². The molecule has 0 bridgehead atoms. The third kappa shape index (κ3) is 1.12. The van der Waals surface area contributed by atoms with Gasteiger partial charge in [0.2, 0.25) is 5.28 Å². The van der Waals surface area contributed by atoms with Crippen LogP contribution in [0.5, 0.6) is 0 Å². The summed E-state index contributed by atoms with van der Waals surface area (Å²) in [6.07, 6.45) is 1.61. The van der Waals surface area contributed by atoms with Gasteiger partial charge < -0.3 is 5.73 Å². The fraction of sp³-hybridized carbons (Fsp3) is 0. The first kappa shape index (κ1) is 6.75. The zero-order valence-electron chi connectivity index (χ0n) is 5.28. The number of hydrogen-bond donors (Lipinski definition) is 1. The van der Waals surface area contributed by atoms with Gasteiger partial charge in [-0.3, -0.25) is 0 Å². The van der Waals surface area contributed by atoms with Gasteiger partial charge in [0.25, 0.3) is 0 Å². The van der Waals surface area contributed by atoms with Gasteiger partial charge in [0.05, 0.1) is 10.9 Å². The molecule has 2 heterocycles. The number of thiazole rings is 1. The summed E-state index contributed by atoms with van der Waals surface area (Å²) >= 11 is 6.87. The second-order valence-electron chi connectivity index (χ2n) is 1.88. The van der Waals surface area contributed by atoms with Crippen LogP contribution in [0, 0.1) is 0 Å². The van der Waals surface area contributed by atoms with Gasteiger partial charge in [-0.05, 0) is 11.6 Å². The maximum Gasteiger partial charge on any atom is 0.224 e. The van der Waals surface area contributed by atoms with E-state index in [0.717, 1.165) is 4.70 Å². The number of fused-ring (bicyclic) bond motifs is 1. The van der Waals surface area contributed by atoms with E-state index >= 15 is 0 Å². The predicted octanol–water partition coefficient (Wildman–Crippen LogP) is 1.32. The summed E-state index contributed by atoms with van der Waals surface area (Å²) in [5.41, 5.74) is 6.00. The molecule has 0 aliphatic carbocycles. The van der Waals surface area contributed by atoms with Crippen molar-refractivity contribution in [3.05, 3.63) is 11.5 Å².